The van der Waals surface area contributed by atoms with Crippen LogP contribution in [0, 0.1) is 5.82 Å². The highest BCUT2D eigenvalue weighted by Gasteiger charge is 2.17. The average molecular weight is 257 g/mol. The summed E-state index contributed by atoms with van der Waals surface area (Å²) in [6.07, 6.45) is 0.947. The average Bonchev–Trinajstić information content (AvgIpc) is 2.87. The molecule has 1 N–H and O–H groups in total. The van der Waals surface area contributed by atoms with Crippen LogP contribution in [0.4, 0.5) is 4.39 Å². The molecule has 1 aliphatic heterocycles. The minimum atomic E-state index is -0.206. The first-order chi connectivity index (χ1) is 9.28. The summed E-state index contributed by atoms with van der Waals surface area (Å²) in [5.41, 5.74) is 3.30. The van der Waals surface area contributed by atoms with E-state index < -0.39 is 0 Å². The number of benzene rings is 2. The van der Waals surface area contributed by atoms with Crippen molar-refractivity contribution in [3.05, 3.63) is 65.0 Å². The summed E-state index contributed by atoms with van der Waals surface area (Å²) in [6.45, 7) is 0.753. The van der Waals surface area contributed by atoms with Crippen LogP contribution in [0.25, 0.3) is 0 Å². The summed E-state index contributed by atoms with van der Waals surface area (Å²) < 4.78 is 18.9. The molecule has 1 aliphatic rings. The lowest BCUT2D eigenvalue weighted by Crippen LogP contribution is -2.17. The van der Waals surface area contributed by atoms with Gasteiger partial charge in [-0.1, -0.05) is 24.3 Å². The lowest BCUT2D eigenvalue weighted by Gasteiger charge is -2.18. The normalized spacial score (nSPS) is 14.8. The molecule has 2 aromatic rings. The van der Waals surface area contributed by atoms with Crippen LogP contribution in [0.15, 0.2) is 42.5 Å². The monoisotopic (exact) mass is 257 g/mol. The molecule has 98 valence electrons. The Morgan fingerprint density at radius 1 is 1.16 bits per heavy atom. The fourth-order valence-electron chi connectivity index (χ4n) is 2.60. The number of rotatable bonds is 3. The maximum absolute atomic E-state index is 13.4. The topological polar surface area (TPSA) is 21.3 Å². The molecule has 3 heteroatoms. The highest BCUT2D eigenvalue weighted by Crippen LogP contribution is 2.30. The molecule has 0 saturated heterocycles. The molecular weight excluding hydrogens is 241 g/mol. The fourth-order valence-corrected chi connectivity index (χ4v) is 2.60. The Labute approximate surface area is 112 Å². The summed E-state index contributed by atoms with van der Waals surface area (Å²) in [5, 5.41) is 3.25. The Morgan fingerprint density at radius 2 is 2.00 bits per heavy atom. The molecule has 2 nitrogen and oxygen atoms in total. The van der Waals surface area contributed by atoms with Gasteiger partial charge in [0, 0.05) is 6.42 Å². The Kier molecular flexibility index (Phi) is 3.22. The van der Waals surface area contributed by atoms with Crippen LogP contribution in [0.3, 0.4) is 0 Å². The number of hydrogen-bond donors (Lipinski definition) is 1. The van der Waals surface area contributed by atoms with Crippen molar-refractivity contribution in [2.75, 3.05) is 13.7 Å². The molecule has 0 saturated carbocycles. The first-order valence-electron chi connectivity index (χ1n) is 6.46. The predicted octanol–water partition coefficient (Wildman–Crippen LogP) is 3.07. The fraction of sp³-hybridized carbons (Fsp3) is 0.250. The maximum Gasteiger partial charge on any atom is 0.123 e. The van der Waals surface area contributed by atoms with E-state index in [4.69, 9.17) is 4.74 Å². The van der Waals surface area contributed by atoms with Crippen LogP contribution in [0.1, 0.15) is 22.7 Å². The standard InChI is InChI=1S/C16H16FNO/c1-18-16(12-3-2-4-14(17)10-12)13-5-6-15-11(9-13)7-8-19-15/h2-6,9-10,16,18H,7-8H2,1H3. The molecule has 0 aliphatic carbocycles. The van der Waals surface area contributed by atoms with Crippen LogP contribution in [-0.2, 0) is 6.42 Å². The van der Waals surface area contributed by atoms with Crippen molar-refractivity contribution in [1.82, 2.24) is 5.32 Å². The highest BCUT2D eigenvalue weighted by atomic mass is 19.1. The molecular formula is C16H16FNO. The van der Waals surface area contributed by atoms with E-state index in [9.17, 15) is 4.39 Å². The minimum Gasteiger partial charge on any atom is -0.493 e. The van der Waals surface area contributed by atoms with Gasteiger partial charge in [0.1, 0.15) is 11.6 Å². The van der Waals surface area contributed by atoms with Gasteiger partial charge >= 0.3 is 0 Å². The Bertz CT molecular complexity index is 597. The smallest absolute Gasteiger partial charge is 0.123 e. The van der Waals surface area contributed by atoms with Crippen molar-refractivity contribution in [3.63, 3.8) is 0 Å². The summed E-state index contributed by atoms with van der Waals surface area (Å²) in [6, 6.07) is 12.9. The lowest BCUT2D eigenvalue weighted by molar-refractivity contribution is 0.357. The zero-order chi connectivity index (χ0) is 13.2. The van der Waals surface area contributed by atoms with Gasteiger partial charge in [-0.15, -0.1) is 0 Å². The van der Waals surface area contributed by atoms with E-state index in [0.29, 0.717) is 0 Å². The van der Waals surface area contributed by atoms with E-state index in [0.717, 1.165) is 29.9 Å². The number of hydrogen-bond acceptors (Lipinski definition) is 2. The van der Waals surface area contributed by atoms with Gasteiger partial charge in [-0.3, -0.25) is 0 Å². The van der Waals surface area contributed by atoms with Crippen molar-refractivity contribution in [2.45, 2.75) is 12.5 Å². The third-order valence-corrected chi connectivity index (χ3v) is 3.52. The second kappa shape index (κ2) is 5.02. The van der Waals surface area contributed by atoms with Crippen LogP contribution < -0.4 is 10.1 Å². The van der Waals surface area contributed by atoms with Gasteiger partial charge in [0.05, 0.1) is 12.6 Å². The molecule has 0 spiro atoms. The van der Waals surface area contributed by atoms with Crippen LogP contribution in [0.2, 0.25) is 0 Å². The Morgan fingerprint density at radius 3 is 2.79 bits per heavy atom. The van der Waals surface area contributed by atoms with Crippen LogP contribution in [-0.4, -0.2) is 13.7 Å². The first-order valence-corrected chi connectivity index (χ1v) is 6.46. The lowest BCUT2D eigenvalue weighted by atomic mass is 9.96. The van der Waals surface area contributed by atoms with Crippen LogP contribution in [0.5, 0.6) is 5.75 Å². The second-order valence-electron chi connectivity index (χ2n) is 4.74. The van der Waals surface area contributed by atoms with E-state index in [-0.39, 0.29) is 11.9 Å². The van der Waals surface area contributed by atoms with Crippen molar-refractivity contribution >= 4 is 0 Å². The Hall–Kier alpha value is -1.87. The molecule has 19 heavy (non-hydrogen) atoms. The quantitative estimate of drug-likeness (QED) is 0.912. The van der Waals surface area contributed by atoms with E-state index in [1.165, 1.54) is 11.6 Å². The SMILES string of the molecule is CNC(c1cccc(F)c1)c1ccc2c(c1)CCO2. The Balaban J connectivity index is 1.98. The van der Waals surface area contributed by atoms with Gasteiger partial charge < -0.3 is 10.1 Å². The predicted molar refractivity (Wildman–Crippen MR) is 72.9 cm³/mol. The van der Waals surface area contributed by atoms with Gasteiger partial charge in [-0.05, 0) is 41.9 Å². The minimum absolute atomic E-state index is 0.00148. The molecule has 0 fully saturated rings. The summed E-state index contributed by atoms with van der Waals surface area (Å²) in [4.78, 5) is 0. The number of ether oxygens (including phenoxy) is 1. The van der Waals surface area contributed by atoms with Gasteiger partial charge in [-0.2, -0.15) is 0 Å². The molecule has 1 unspecified atom stereocenters. The van der Waals surface area contributed by atoms with Gasteiger partial charge in [-0.25, -0.2) is 4.39 Å². The molecule has 0 amide bonds. The van der Waals surface area contributed by atoms with Crippen LogP contribution >= 0.6 is 0 Å². The molecule has 0 aromatic heterocycles. The molecule has 3 rings (SSSR count). The van der Waals surface area contributed by atoms with Gasteiger partial charge in [0.15, 0.2) is 0 Å². The van der Waals surface area contributed by atoms with Gasteiger partial charge in [0.2, 0.25) is 0 Å². The summed E-state index contributed by atoms with van der Waals surface area (Å²) in [7, 11) is 1.89. The molecule has 2 aromatic carbocycles. The number of fused-ring (bicyclic) bond motifs is 1. The van der Waals surface area contributed by atoms with E-state index in [2.05, 4.69) is 11.4 Å². The van der Waals surface area contributed by atoms with Crippen molar-refractivity contribution in [3.8, 4) is 5.75 Å². The number of nitrogens with one attached hydrogen (secondary N) is 1. The van der Waals surface area contributed by atoms with Gasteiger partial charge in [0.25, 0.3) is 0 Å². The first kappa shape index (κ1) is 12.2. The zero-order valence-electron chi connectivity index (χ0n) is 10.8. The van der Waals surface area contributed by atoms with Crippen molar-refractivity contribution in [2.24, 2.45) is 0 Å². The van der Waals surface area contributed by atoms with Crippen molar-refractivity contribution in [1.29, 1.82) is 0 Å². The third-order valence-electron chi connectivity index (χ3n) is 3.52. The van der Waals surface area contributed by atoms with Crippen molar-refractivity contribution < 1.29 is 9.13 Å². The third kappa shape index (κ3) is 2.34. The van der Waals surface area contributed by atoms with E-state index >= 15 is 0 Å². The summed E-state index contributed by atoms with van der Waals surface area (Å²) >= 11 is 0. The van der Waals surface area contributed by atoms with E-state index in [1.54, 1.807) is 12.1 Å². The molecule has 0 bridgehead atoms. The molecule has 1 heterocycles. The largest absolute Gasteiger partial charge is 0.493 e. The zero-order valence-corrected chi connectivity index (χ0v) is 10.8. The molecule has 0 radical (unpaired) electrons. The second-order valence-corrected chi connectivity index (χ2v) is 4.74. The van der Waals surface area contributed by atoms with E-state index in [1.807, 2.05) is 25.2 Å². The molecule has 1 atom stereocenters. The summed E-state index contributed by atoms with van der Waals surface area (Å²) in [5.74, 6) is 0.764. The number of halogens is 1. The maximum atomic E-state index is 13.4. The highest BCUT2D eigenvalue weighted by molar-refractivity contribution is 5.43.